The van der Waals surface area contributed by atoms with Gasteiger partial charge in [-0.05, 0) is 26.0 Å². The van der Waals surface area contributed by atoms with E-state index in [2.05, 4.69) is 22.6 Å². The third-order valence-corrected chi connectivity index (χ3v) is 13.8. The summed E-state index contributed by atoms with van der Waals surface area (Å²) in [6.07, 6.45) is -12.6. The lowest BCUT2D eigenvalue weighted by Crippen LogP contribution is -2.53. The normalized spacial score (nSPS) is 12.9. The zero-order valence-electron chi connectivity index (χ0n) is 25.4. The highest BCUT2D eigenvalue weighted by molar-refractivity contribution is 7.91. The molecule has 1 aromatic carbocycles. The molecule has 0 aliphatic carbocycles. The van der Waals surface area contributed by atoms with Crippen LogP contribution in [-0.2, 0) is 28.9 Å². The fraction of sp³-hybridized carbons (Fsp3) is 0.586. The maximum atomic E-state index is 12.3. The molecule has 0 aliphatic rings. The number of ether oxygens (including phenoxy) is 2. The van der Waals surface area contributed by atoms with Gasteiger partial charge in [0.2, 0.25) is 0 Å². The Labute approximate surface area is 263 Å². The summed E-state index contributed by atoms with van der Waals surface area (Å²) in [6, 6.07) is 9.39. The number of carbonyl (C=O) groups excluding carboxylic acids is 2. The van der Waals surface area contributed by atoms with Gasteiger partial charge in [-0.1, -0.05) is 77.7 Å². The predicted molar refractivity (Wildman–Crippen MR) is 163 cm³/mol. The van der Waals surface area contributed by atoms with E-state index in [4.69, 9.17) is 5.11 Å². The van der Waals surface area contributed by atoms with Gasteiger partial charge in [0.1, 0.15) is 5.73 Å². The van der Waals surface area contributed by atoms with Crippen LogP contribution in [0.2, 0.25) is 18.1 Å². The Morgan fingerprint density at radius 1 is 0.800 bits per heavy atom. The number of alkyl halides is 6. The number of benzene rings is 1. The highest BCUT2D eigenvalue weighted by Crippen LogP contribution is 2.34. The molecule has 0 heterocycles. The van der Waals surface area contributed by atoms with Crippen LogP contribution >= 0.6 is 0 Å². The van der Waals surface area contributed by atoms with Crippen molar-refractivity contribution in [3.05, 3.63) is 54.6 Å². The SMILES string of the molecule is C.C=C(CC(O)C(F)(F)F)C(=O)OCC.C=C(CS(=O)(=O)c1ccccc1)C(=O)OCC.CC[Si](CC)(CC)C(O)C(F)(F)F. The van der Waals surface area contributed by atoms with Gasteiger partial charge >= 0.3 is 24.3 Å². The number of carbonyl (C=O) groups is 2. The molecule has 8 nitrogen and oxygen atoms in total. The Kier molecular flexibility index (Phi) is 22.0. The molecule has 0 saturated carbocycles. The first-order chi connectivity index (χ1) is 20.1. The summed E-state index contributed by atoms with van der Waals surface area (Å²) in [7, 11) is -6.05. The van der Waals surface area contributed by atoms with Crippen molar-refractivity contribution in [1.29, 1.82) is 0 Å². The van der Waals surface area contributed by atoms with Crippen LogP contribution in [0.1, 0.15) is 48.5 Å². The maximum absolute atomic E-state index is 12.3. The lowest BCUT2D eigenvalue weighted by Gasteiger charge is -2.34. The van der Waals surface area contributed by atoms with E-state index in [1.165, 1.54) is 19.1 Å². The molecule has 0 amide bonds. The van der Waals surface area contributed by atoms with Crippen LogP contribution in [0.15, 0.2) is 59.5 Å². The number of hydrogen-bond donors (Lipinski definition) is 2. The van der Waals surface area contributed by atoms with E-state index in [0.717, 1.165) is 0 Å². The van der Waals surface area contributed by atoms with Gasteiger partial charge in [-0.3, -0.25) is 0 Å². The predicted octanol–water partition coefficient (Wildman–Crippen LogP) is 6.59. The molecule has 2 unspecified atom stereocenters. The summed E-state index contributed by atoms with van der Waals surface area (Å²) in [5.41, 5.74) is -2.51. The number of sulfone groups is 1. The molecule has 16 heteroatoms. The van der Waals surface area contributed by atoms with Gasteiger partial charge in [-0.2, -0.15) is 26.3 Å². The van der Waals surface area contributed by atoms with Crippen LogP contribution in [0, 0.1) is 0 Å². The van der Waals surface area contributed by atoms with E-state index in [0.29, 0.717) is 18.1 Å². The van der Waals surface area contributed by atoms with Crippen molar-refractivity contribution < 1.29 is 64.0 Å². The third-order valence-electron chi connectivity index (χ3n) is 6.41. The van der Waals surface area contributed by atoms with Crippen molar-refractivity contribution in [1.82, 2.24) is 0 Å². The first-order valence-corrected chi connectivity index (χ1v) is 17.9. The van der Waals surface area contributed by atoms with Crippen molar-refractivity contribution in [2.24, 2.45) is 0 Å². The minimum absolute atomic E-state index is 0. The number of aliphatic hydroxyl groups is 2. The highest BCUT2D eigenvalue weighted by Gasteiger charge is 2.51. The number of hydrogen-bond acceptors (Lipinski definition) is 8. The van der Waals surface area contributed by atoms with Gasteiger partial charge < -0.3 is 19.7 Å². The van der Waals surface area contributed by atoms with Gasteiger partial charge in [-0.15, -0.1) is 0 Å². The third kappa shape index (κ3) is 17.0. The van der Waals surface area contributed by atoms with Gasteiger partial charge in [0, 0.05) is 17.6 Å². The molecule has 0 aromatic heterocycles. The summed E-state index contributed by atoms with van der Waals surface area (Å²) in [5.74, 6) is -2.02. The van der Waals surface area contributed by atoms with Crippen molar-refractivity contribution in [2.75, 3.05) is 19.0 Å². The van der Waals surface area contributed by atoms with E-state index >= 15 is 0 Å². The largest absolute Gasteiger partial charge is 0.463 e. The monoisotopic (exact) mass is 696 g/mol. The first kappa shape index (κ1) is 46.7. The summed E-state index contributed by atoms with van der Waals surface area (Å²) >= 11 is 0. The second-order valence-electron chi connectivity index (χ2n) is 9.35. The number of rotatable bonds is 13. The molecule has 0 radical (unpaired) electrons. The first-order valence-electron chi connectivity index (χ1n) is 13.6. The van der Waals surface area contributed by atoms with Gasteiger partial charge in [-0.25, -0.2) is 18.0 Å². The molecule has 262 valence electrons. The lowest BCUT2D eigenvalue weighted by molar-refractivity contribution is -0.203. The zero-order chi connectivity index (χ0) is 34.9. The topological polar surface area (TPSA) is 127 Å². The van der Waals surface area contributed by atoms with E-state index in [-0.39, 0.29) is 31.1 Å². The Hall–Kier alpha value is -2.69. The summed E-state index contributed by atoms with van der Waals surface area (Å²) < 4.78 is 105. The van der Waals surface area contributed by atoms with Crippen molar-refractivity contribution >= 4 is 29.8 Å². The fourth-order valence-electron chi connectivity index (χ4n) is 3.58. The number of esters is 2. The Bertz CT molecular complexity index is 1140. The lowest BCUT2D eigenvalue weighted by atomic mass is 10.1. The Morgan fingerprint density at radius 3 is 1.51 bits per heavy atom. The molecule has 2 N–H and O–H groups in total. The molecule has 1 rings (SSSR count). The van der Waals surface area contributed by atoms with Crippen LogP contribution in [-0.4, -0.2) is 81.8 Å². The molecule has 0 bridgehead atoms. The molecule has 45 heavy (non-hydrogen) atoms. The van der Waals surface area contributed by atoms with Crippen LogP contribution in [0.25, 0.3) is 0 Å². The molecule has 0 fully saturated rings. The fourth-order valence-corrected chi connectivity index (χ4v) is 8.24. The molecule has 0 saturated heterocycles. The molecular formula is C29H46F6O8SSi. The summed E-state index contributed by atoms with van der Waals surface area (Å²) in [4.78, 5) is 22.2. The molecule has 2 atom stereocenters. The van der Waals surface area contributed by atoms with Crippen molar-refractivity contribution in [3.63, 3.8) is 0 Å². The van der Waals surface area contributed by atoms with Crippen LogP contribution in [0.4, 0.5) is 26.3 Å². The summed E-state index contributed by atoms with van der Waals surface area (Å²) in [6.45, 7) is 15.2. The smallest absolute Gasteiger partial charge is 0.414 e. The molecular weight excluding hydrogens is 650 g/mol. The summed E-state index contributed by atoms with van der Waals surface area (Å²) in [5, 5.41) is 17.8. The second-order valence-corrected chi connectivity index (χ2v) is 16.7. The van der Waals surface area contributed by atoms with Gasteiger partial charge in [0.15, 0.2) is 15.9 Å². The number of aliphatic hydroxyl groups excluding tert-OH is 2. The molecule has 0 aliphatic heterocycles. The maximum Gasteiger partial charge on any atom is 0.414 e. The van der Waals surface area contributed by atoms with Gasteiger partial charge in [0.25, 0.3) is 0 Å². The second kappa shape index (κ2) is 21.2. The minimum atomic E-state index is -4.74. The van der Waals surface area contributed by atoms with E-state index < -0.39 is 71.8 Å². The van der Waals surface area contributed by atoms with Crippen molar-refractivity contribution in [2.45, 2.75) is 95.7 Å². The Balaban J connectivity index is -0.000000589. The van der Waals surface area contributed by atoms with Crippen LogP contribution < -0.4 is 0 Å². The van der Waals surface area contributed by atoms with E-state index in [1.807, 2.05) is 0 Å². The minimum Gasteiger partial charge on any atom is -0.463 e. The quantitative estimate of drug-likeness (QED) is 0.102. The van der Waals surface area contributed by atoms with Gasteiger partial charge in [0.05, 0.1) is 31.9 Å². The standard InChI is InChI=1S/C12H14O4S.C8H11F3O3.C8H17F3OSi.CH4/c1-3-16-12(13)10(2)9-17(14,15)11-7-5-4-6-8-11;1-3-14-7(13)5(2)4-6(12)8(9,10)11;1-4-13(5-2,6-3)7(12)8(9,10)11;/h4-8H,2-3,9H2,1H3;6,12H,2-4H2,1H3;7,12H,4-6H2,1-3H3;1H4. The zero-order valence-corrected chi connectivity index (χ0v) is 27.2. The molecule has 1 aromatic rings. The Morgan fingerprint density at radius 2 is 1.20 bits per heavy atom. The average molecular weight is 697 g/mol. The van der Waals surface area contributed by atoms with Crippen LogP contribution in [0.5, 0.6) is 0 Å². The van der Waals surface area contributed by atoms with E-state index in [1.54, 1.807) is 45.9 Å². The van der Waals surface area contributed by atoms with Crippen molar-refractivity contribution in [3.8, 4) is 0 Å². The van der Waals surface area contributed by atoms with E-state index in [9.17, 15) is 49.5 Å². The highest BCUT2D eigenvalue weighted by atomic mass is 32.2. The average Bonchev–Trinajstić information content (AvgIpc) is 2.94. The molecule has 0 spiro atoms. The van der Waals surface area contributed by atoms with Crippen LogP contribution in [0.3, 0.4) is 0 Å². The number of halogens is 6.